The third-order valence-electron chi connectivity index (χ3n) is 2.19. The van der Waals surface area contributed by atoms with Crippen molar-refractivity contribution in [2.45, 2.75) is 6.10 Å². The average Bonchev–Trinajstić information content (AvgIpc) is 2.58. The molecule has 90 valence electrons. The van der Waals surface area contributed by atoms with Crippen LogP contribution in [0.5, 0.6) is 0 Å². The van der Waals surface area contributed by atoms with E-state index in [1.54, 1.807) is 0 Å². The van der Waals surface area contributed by atoms with Gasteiger partial charge in [-0.05, 0) is 50.1 Å². The van der Waals surface area contributed by atoms with Crippen LogP contribution in [0.1, 0.15) is 16.5 Å². The number of hydrogen-bond acceptors (Lipinski definition) is 2. The SMILES string of the molecule is OC(c1cc(Br)c(Br)s1)c1ccc(Br)cc1Br. The molecule has 1 nitrogen and oxygen atoms in total. The average molecular weight is 506 g/mol. The first kappa shape index (κ1) is 14.2. The Morgan fingerprint density at radius 3 is 2.24 bits per heavy atom. The Balaban J connectivity index is 2.39. The van der Waals surface area contributed by atoms with E-state index in [-0.39, 0.29) is 0 Å². The molecule has 2 rings (SSSR count). The normalized spacial score (nSPS) is 12.8. The van der Waals surface area contributed by atoms with Crippen molar-refractivity contribution in [3.05, 3.63) is 51.9 Å². The number of aliphatic hydroxyl groups is 1. The van der Waals surface area contributed by atoms with Gasteiger partial charge < -0.3 is 5.11 Å². The summed E-state index contributed by atoms with van der Waals surface area (Å²) in [5.74, 6) is 0. The second-order valence-corrected chi connectivity index (χ2v) is 8.36. The fourth-order valence-electron chi connectivity index (χ4n) is 1.37. The van der Waals surface area contributed by atoms with Gasteiger partial charge in [0.25, 0.3) is 0 Å². The molecule has 0 saturated heterocycles. The first-order valence-corrected chi connectivity index (χ1v) is 8.55. The third kappa shape index (κ3) is 3.22. The van der Waals surface area contributed by atoms with Crippen LogP contribution in [0.2, 0.25) is 0 Å². The molecule has 1 unspecified atom stereocenters. The van der Waals surface area contributed by atoms with Crippen LogP contribution in [0.15, 0.2) is 41.5 Å². The summed E-state index contributed by atoms with van der Waals surface area (Å²) in [6.07, 6.45) is -0.620. The topological polar surface area (TPSA) is 20.2 Å². The minimum absolute atomic E-state index is 0.620. The lowest BCUT2D eigenvalue weighted by Gasteiger charge is -2.11. The maximum atomic E-state index is 10.3. The predicted molar refractivity (Wildman–Crippen MR) is 85.6 cm³/mol. The molecule has 0 amide bonds. The van der Waals surface area contributed by atoms with E-state index >= 15 is 0 Å². The Hall–Kier alpha value is 0.800. The van der Waals surface area contributed by atoms with Gasteiger partial charge in [-0.15, -0.1) is 11.3 Å². The Labute approximate surface area is 137 Å². The van der Waals surface area contributed by atoms with Crippen LogP contribution in [-0.2, 0) is 0 Å². The molecule has 1 N–H and O–H groups in total. The summed E-state index contributed by atoms with van der Waals surface area (Å²) in [6.45, 7) is 0. The number of rotatable bonds is 2. The van der Waals surface area contributed by atoms with Crippen LogP contribution < -0.4 is 0 Å². The molecule has 0 saturated carbocycles. The summed E-state index contributed by atoms with van der Waals surface area (Å²) in [5.41, 5.74) is 0.856. The maximum absolute atomic E-state index is 10.3. The van der Waals surface area contributed by atoms with Crippen LogP contribution in [0, 0.1) is 0 Å². The first-order chi connectivity index (χ1) is 7.99. The fourth-order valence-corrected chi connectivity index (χ4v) is 4.73. The second kappa shape index (κ2) is 5.84. The molecule has 0 aliphatic heterocycles. The van der Waals surface area contributed by atoms with Gasteiger partial charge in [-0.2, -0.15) is 0 Å². The van der Waals surface area contributed by atoms with E-state index in [1.165, 1.54) is 11.3 Å². The molecule has 0 bridgehead atoms. The number of aliphatic hydroxyl groups excluding tert-OH is 1. The second-order valence-electron chi connectivity index (χ2n) is 3.34. The Kier molecular flexibility index (Phi) is 4.88. The zero-order valence-corrected chi connectivity index (χ0v) is 15.4. The predicted octanol–water partition coefficient (Wildman–Crippen LogP) is 5.88. The van der Waals surface area contributed by atoms with E-state index < -0.39 is 6.10 Å². The largest absolute Gasteiger partial charge is 0.383 e. The summed E-state index contributed by atoms with van der Waals surface area (Å²) in [6, 6.07) is 7.67. The van der Waals surface area contributed by atoms with Crippen molar-refractivity contribution >= 4 is 75.1 Å². The molecule has 0 aliphatic rings. The van der Waals surface area contributed by atoms with E-state index in [9.17, 15) is 5.11 Å². The molecule has 2 aromatic rings. The van der Waals surface area contributed by atoms with Crippen molar-refractivity contribution in [3.8, 4) is 0 Å². The molecule has 1 atom stereocenters. The van der Waals surface area contributed by atoms with Crippen molar-refractivity contribution in [2.75, 3.05) is 0 Å². The van der Waals surface area contributed by atoms with E-state index in [1.807, 2.05) is 24.3 Å². The summed E-state index contributed by atoms with van der Waals surface area (Å²) < 4.78 is 3.82. The van der Waals surface area contributed by atoms with E-state index in [2.05, 4.69) is 63.7 Å². The highest BCUT2D eigenvalue weighted by atomic mass is 79.9. The number of hydrogen-bond donors (Lipinski definition) is 1. The molecular weight excluding hydrogens is 500 g/mol. The molecule has 0 radical (unpaired) electrons. The van der Waals surface area contributed by atoms with Gasteiger partial charge in [-0.3, -0.25) is 0 Å². The standard InChI is InChI=1S/C11H6Br4OS/c12-5-1-2-6(7(13)3-5)10(16)9-4-8(14)11(15)17-9/h1-4,10,16H. The Morgan fingerprint density at radius 1 is 1.00 bits per heavy atom. The number of thiophene rings is 1. The van der Waals surface area contributed by atoms with Crippen molar-refractivity contribution in [3.63, 3.8) is 0 Å². The smallest absolute Gasteiger partial charge is 0.114 e. The highest BCUT2D eigenvalue weighted by molar-refractivity contribution is 9.13. The van der Waals surface area contributed by atoms with E-state index in [4.69, 9.17) is 0 Å². The number of benzene rings is 1. The van der Waals surface area contributed by atoms with Crippen LogP contribution in [0.25, 0.3) is 0 Å². The maximum Gasteiger partial charge on any atom is 0.114 e. The van der Waals surface area contributed by atoms with Crippen LogP contribution >= 0.6 is 75.1 Å². The van der Waals surface area contributed by atoms with Gasteiger partial charge in [0, 0.05) is 23.9 Å². The minimum Gasteiger partial charge on any atom is -0.383 e. The lowest BCUT2D eigenvalue weighted by Crippen LogP contribution is -1.97. The van der Waals surface area contributed by atoms with Crippen LogP contribution in [-0.4, -0.2) is 5.11 Å². The molecule has 1 heterocycles. The first-order valence-electron chi connectivity index (χ1n) is 4.57. The molecule has 17 heavy (non-hydrogen) atoms. The zero-order valence-electron chi connectivity index (χ0n) is 8.25. The van der Waals surface area contributed by atoms with Crippen molar-refractivity contribution in [1.82, 2.24) is 0 Å². The molecule has 1 aromatic heterocycles. The highest BCUT2D eigenvalue weighted by Gasteiger charge is 2.17. The molecule has 0 spiro atoms. The summed E-state index contributed by atoms with van der Waals surface area (Å²) in [4.78, 5) is 0.895. The van der Waals surface area contributed by atoms with Gasteiger partial charge >= 0.3 is 0 Å². The molecule has 0 aliphatic carbocycles. The Morgan fingerprint density at radius 2 is 1.71 bits per heavy atom. The van der Waals surface area contributed by atoms with E-state index in [0.717, 1.165) is 27.6 Å². The molecular formula is C11H6Br4OS. The highest BCUT2D eigenvalue weighted by Crippen LogP contribution is 2.39. The summed E-state index contributed by atoms with van der Waals surface area (Å²) >= 11 is 15.2. The summed E-state index contributed by atoms with van der Waals surface area (Å²) in [7, 11) is 0. The lowest BCUT2D eigenvalue weighted by molar-refractivity contribution is 0.223. The third-order valence-corrected chi connectivity index (χ3v) is 6.68. The van der Waals surface area contributed by atoms with Crippen LogP contribution in [0.4, 0.5) is 0 Å². The monoisotopic (exact) mass is 502 g/mol. The van der Waals surface area contributed by atoms with Gasteiger partial charge in [-0.1, -0.05) is 37.9 Å². The van der Waals surface area contributed by atoms with Gasteiger partial charge in [0.05, 0.1) is 3.79 Å². The van der Waals surface area contributed by atoms with Gasteiger partial charge in [0.1, 0.15) is 6.10 Å². The van der Waals surface area contributed by atoms with Crippen molar-refractivity contribution in [1.29, 1.82) is 0 Å². The van der Waals surface area contributed by atoms with Crippen molar-refractivity contribution in [2.24, 2.45) is 0 Å². The fraction of sp³-hybridized carbons (Fsp3) is 0.0909. The van der Waals surface area contributed by atoms with Gasteiger partial charge in [0.15, 0.2) is 0 Å². The summed E-state index contributed by atoms with van der Waals surface area (Å²) in [5, 5.41) is 10.3. The van der Waals surface area contributed by atoms with Gasteiger partial charge in [-0.25, -0.2) is 0 Å². The number of halogens is 4. The van der Waals surface area contributed by atoms with Crippen LogP contribution in [0.3, 0.4) is 0 Å². The molecule has 1 aromatic carbocycles. The Bertz CT molecular complexity index is 533. The van der Waals surface area contributed by atoms with E-state index in [0.29, 0.717) is 0 Å². The quantitative estimate of drug-likeness (QED) is 0.540. The minimum atomic E-state index is -0.620. The zero-order chi connectivity index (χ0) is 12.6. The lowest BCUT2D eigenvalue weighted by atomic mass is 10.1. The molecule has 6 heteroatoms. The van der Waals surface area contributed by atoms with Crippen molar-refractivity contribution < 1.29 is 5.11 Å². The van der Waals surface area contributed by atoms with Gasteiger partial charge in [0.2, 0.25) is 0 Å². The molecule has 0 fully saturated rings.